The van der Waals surface area contributed by atoms with Crippen molar-refractivity contribution in [3.63, 3.8) is 0 Å². The monoisotopic (exact) mass is 422 g/mol. The van der Waals surface area contributed by atoms with Crippen molar-refractivity contribution in [3.05, 3.63) is 83.1 Å². The van der Waals surface area contributed by atoms with Crippen molar-refractivity contribution < 1.29 is 23.5 Å². The summed E-state index contributed by atoms with van der Waals surface area (Å²) in [5.74, 6) is -2.16. The number of ketones is 1. The van der Waals surface area contributed by atoms with E-state index in [0.717, 1.165) is 11.9 Å². The molecule has 0 saturated heterocycles. The Morgan fingerprint density at radius 2 is 1.87 bits per heavy atom. The highest BCUT2D eigenvalue weighted by atomic mass is 19.1. The third-order valence-electron chi connectivity index (χ3n) is 5.39. The molecule has 1 aliphatic rings. The van der Waals surface area contributed by atoms with Gasteiger partial charge in [-0.25, -0.2) is 4.39 Å². The number of hydrogen-bond acceptors (Lipinski definition) is 5. The molecule has 0 bridgehead atoms. The first-order chi connectivity index (χ1) is 14.9. The molecule has 160 valence electrons. The van der Waals surface area contributed by atoms with E-state index in [-0.39, 0.29) is 11.3 Å². The Kier molecular flexibility index (Phi) is 5.61. The Balaban J connectivity index is 1.74. The molecule has 0 spiro atoms. The van der Waals surface area contributed by atoms with Gasteiger partial charge in [0.15, 0.2) is 11.5 Å². The minimum atomic E-state index is -0.823. The number of rotatable bonds is 7. The van der Waals surface area contributed by atoms with Crippen LogP contribution in [-0.2, 0) is 4.79 Å². The summed E-state index contributed by atoms with van der Waals surface area (Å²) in [7, 11) is 3.85. The van der Waals surface area contributed by atoms with E-state index in [9.17, 15) is 19.1 Å². The normalized spacial score (nSPS) is 16.7. The van der Waals surface area contributed by atoms with E-state index in [1.54, 1.807) is 18.2 Å². The summed E-state index contributed by atoms with van der Waals surface area (Å²) in [5.41, 5.74) is 1.03. The number of Topliss-reactive ketones (excluding diaryl/α,β-unsaturated/α-hetero) is 1. The second-order valence-electron chi connectivity index (χ2n) is 7.85. The predicted molar refractivity (Wildman–Crippen MR) is 114 cm³/mol. The van der Waals surface area contributed by atoms with Gasteiger partial charge < -0.3 is 19.3 Å². The van der Waals surface area contributed by atoms with E-state index in [0.29, 0.717) is 24.1 Å². The minimum Gasteiger partial charge on any atom is -0.503 e. The molecule has 31 heavy (non-hydrogen) atoms. The zero-order valence-electron chi connectivity index (χ0n) is 17.3. The van der Waals surface area contributed by atoms with Crippen LogP contribution in [0.15, 0.2) is 70.3 Å². The second kappa shape index (κ2) is 8.35. The third-order valence-corrected chi connectivity index (χ3v) is 5.39. The highest BCUT2D eigenvalue weighted by molar-refractivity contribution is 6.16. The number of aliphatic hydroxyl groups excluding tert-OH is 1. The molecule has 1 amide bonds. The molecule has 0 aliphatic carbocycles. The largest absolute Gasteiger partial charge is 0.503 e. The molecule has 1 atom stereocenters. The van der Waals surface area contributed by atoms with Crippen LogP contribution < -0.4 is 0 Å². The average molecular weight is 422 g/mol. The van der Waals surface area contributed by atoms with Crippen molar-refractivity contribution >= 4 is 22.7 Å². The fraction of sp³-hybridized carbons (Fsp3) is 0.250. The summed E-state index contributed by atoms with van der Waals surface area (Å²) in [6.07, 6.45) is 0.649. The highest BCUT2D eigenvalue weighted by Gasteiger charge is 2.44. The van der Waals surface area contributed by atoms with Crippen molar-refractivity contribution in [3.8, 4) is 0 Å². The summed E-state index contributed by atoms with van der Waals surface area (Å²) < 4.78 is 19.2. The first kappa shape index (κ1) is 20.8. The van der Waals surface area contributed by atoms with E-state index >= 15 is 0 Å². The topological polar surface area (TPSA) is 74.0 Å². The molecular weight excluding hydrogens is 399 g/mol. The number of nitrogens with zero attached hydrogens (tertiary/aromatic N) is 2. The van der Waals surface area contributed by atoms with E-state index in [1.807, 2.05) is 31.1 Å². The summed E-state index contributed by atoms with van der Waals surface area (Å²) in [6, 6.07) is 13.6. The van der Waals surface area contributed by atoms with Crippen LogP contribution in [0.5, 0.6) is 0 Å². The number of carbonyl (C=O) groups is 2. The van der Waals surface area contributed by atoms with E-state index < -0.39 is 29.3 Å². The molecule has 0 saturated carbocycles. The Morgan fingerprint density at radius 1 is 1.16 bits per heavy atom. The molecule has 2 aromatic carbocycles. The number of hydrogen-bond donors (Lipinski definition) is 1. The molecule has 7 heteroatoms. The van der Waals surface area contributed by atoms with Gasteiger partial charge in [-0.1, -0.05) is 30.3 Å². The van der Waals surface area contributed by atoms with Crippen molar-refractivity contribution in [2.24, 2.45) is 0 Å². The van der Waals surface area contributed by atoms with Crippen LogP contribution in [0.2, 0.25) is 0 Å². The van der Waals surface area contributed by atoms with Crippen LogP contribution in [0.3, 0.4) is 0 Å². The Bertz CT molecular complexity index is 1130. The molecule has 0 unspecified atom stereocenters. The Hall–Kier alpha value is -3.45. The summed E-state index contributed by atoms with van der Waals surface area (Å²) >= 11 is 0. The van der Waals surface area contributed by atoms with Crippen LogP contribution in [0, 0.1) is 5.82 Å². The average Bonchev–Trinajstić information content (AvgIpc) is 3.28. The maximum absolute atomic E-state index is 13.5. The van der Waals surface area contributed by atoms with Crippen LogP contribution >= 0.6 is 0 Å². The third kappa shape index (κ3) is 3.96. The van der Waals surface area contributed by atoms with Gasteiger partial charge in [0.05, 0.1) is 11.6 Å². The number of carbonyl (C=O) groups excluding carboxylic acids is 2. The molecule has 3 aromatic rings. The lowest BCUT2D eigenvalue weighted by atomic mass is 9.95. The van der Waals surface area contributed by atoms with Gasteiger partial charge in [-0.05, 0) is 56.9 Å². The molecule has 1 aromatic heterocycles. The smallest absolute Gasteiger partial charge is 0.290 e. The number of amides is 1. The molecule has 4 rings (SSSR count). The number of para-hydroxylation sites is 1. The quantitative estimate of drug-likeness (QED) is 0.581. The van der Waals surface area contributed by atoms with Crippen LogP contribution in [0.4, 0.5) is 4.39 Å². The first-order valence-electron chi connectivity index (χ1n) is 10.0. The molecule has 0 radical (unpaired) electrons. The van der Waals surface area contributed by atoms with Gasteiger partial charge in [-0.3, -0.25) is 9.59 Å². The lowest BCUT2D eigenvalue weighted by Crippen LogP contribution is -2.33. The Labute approximate surface area is 179 Å². The van der Waals surface area contributed by atoms with Crippen molar-refractivity contribution in [1.82, 2.24) is 9.80 Å². The second-order valence-corrected chi connectivity index (χ2v) is 7.85. The highest BCUT2D eigenvalue weighted by Crippen LogP contribution is 2.39. The van der Waals surface area contributed by atoms with Crippen molar-refractivity contribution in [1.29, 1.82) is 0 Å². The van der Waals surface area contributed by atoms with E-state index in [2.05, 4.69) is 0 Å². The van der Waals surface area contributed by atoms with Gasteiger partial charge >= 0.3 is 0 Å². The minimum absolute atomic E-state index is 0.0396. The lowest BCUT2D eigenvalue weighted by molar-refractivity contribution is -0.129. The van der Waals surface area contributed by atoms with Gasteiger partial charge in [0, 0.05) is 11.9 Å². The Morgan fingerprint density at radius 3 is 2.55 bits per heavy atom. The summed E-state index contributed by atoms with van der Waals surface area (Å²) in [4.78, 5) is 29.7. The SMILES string of the molecule is CN(C)CCCN1C(=O)C(O)=C(C(=O)c2cc3ccccc3o2)[C@@H]1c1ccc(F)cc1. The predicted octanol–water partition coefficient (Wildman–Crippen LogP) is 4.10. The molecule has 2 heterocycles. The fourth-order valence-corrected chi connectivity index (χ4v) is 3.89. The summed E-state index contributed by atoms with van der Waals surface area (Å²) in [6.45, 7) is 1.06. The molecule has 1 aliphatic heterocycles. The number of benzene rings is 2. The first-order valence-corrected chi connectivity index (χ1v) is 10.0. The van der Waals surface area contributed by atoms with Crippen molar-refractivity contribution in [2.75, 3.05) is 27.2 Å². The maximum Gasteiger partial charge on any atom is 0.290 e. The number of fused-ring (bicyclic) bond motifs is 1. The van der Waals surface area contributed by atoms with Gasteiger partial charge in [-0.2, -0.15) is 0 Å². The number of halogens is 1. The van der Waals surface area contributed by atoms with Crippen molar-refractivity contribution in [2.45, 2.75) is 12.5 Å². The fourth-order valence-electron chi connectivity index (χ4n) is 3.89. The van der Waals surface area contributed by atoms with Gasteiger partial charge in [0.25, 0.3) is 5.91 Å². The summed E-state index contributed by atoms with van der Waals surface area (Å²) in [5, 5.41) is 11.4. The molecule has 6 nitrogen and oxygen atoms in total. The van der Waals surface area contributed by atoms with E-state index in [4.69, 9.17) is 4.42 Å². The van der Waals surface area contributed by atoms with Gasteiger partial charge in [0.2, 0.25) is 5.78 Å². The zero-order chi connectivity index (χ0) is 22.1. The van der Waals surface area contributed by atoms with Crippen LogP contribution in [-0.4, -0.2) is 53.8 Å². The van der Waals surface area contributed by atoms with E-state index in [1.165, 1.54) is 29.2 Å². The van der Waals surface area contributed by atoms with Crippen LogP contribution in [0.1, 0.15) is 28.6 Å². The van der Waals surface area contributed by atoms with Gasteiger partial charge in [-0.15, -0.1) is 0 Å². The van der Waals surface area contributed by atoms with Crippen LogP contribution in [0.25, 0.3) is 11.0 Å². The molecule has 1 N–H and O–H groups in total. The van der Waals surface area contributed by atoms with Gasteiger partial charge in [0.1, 0.15) is 11.4 Å². The standard InChI is InChI=1S/C24H23FN2O4/c1-26(2)12-5-13-27-21(15-8-10-17(25)11-9-15)20(23(29)24(27)30)22(28)19-14-16-6-3-4-7-18(16)31-19/h3-4,6-11,14,21,29H,5,12-13H2,1-2H3/t21-/m0/s1. The number of aliphatic hydroxyl groups is 1. The lowest BCUT2D eigenvalue weighted by Gasteiger charge is -2.27. The molecule has 0 fully saturated rings. The number of furan rings is 1. The maximum atomic E-state index is 13.5. The molecular formula is C24H23FN2O4. The zero-order valence-corrected chi connectivity index (χ0v) is 17.3.